The second kappa shape index (κ2) is 76.5. The second-order valence-corrected chi connectivity index (χ2v) is 28.0. The Balaban J connectivity index is 3.76. The van der Waals surface area contributed by atoms with Gasteiger partial charge in [-0.2, -0.15) is 0 Å². The number of nitrogens with two attached hydrogens (primary N) is 1. The molecular weight excluding hydrogens is 1150 g/mol. The summed E-state index contributed by atoms with van der Waals surface area (Å²) in [5.74, 6) is -0.805. The van der Waals surface area contributed by atoms with Crippen molar-refractivity contribution in [3.63, 3.8) is 0 Å². The fraction of sp³-hybridized carbons (Fsp3) is 0.827. The van der Waals surface area contributed by atoms with Crippen molar-refractivity contribution in [3.8, 4) is 0 Å². The summed E-state index contributed by atoms with van der Waals surface area (Å²) < 4.78 is 33.3. The fourth-order valence-electron chi connectivity index (χ4n) is 11.8. The first-order valence-corrected chi connectivity index (χ1v) is 40.9. The summed E-state index contributed by atoms with van der Waals surface area (Å²) in [6.45, 7) is 3.69. The van der Waals surface area contributed by atoms with Crippen LogP contribution < -0.4 is 5.73 Å². The van der Waals surface area contributed by atoms with E-state index in [1.165, 1.54) is 302 Å². The third-order valence-corrected chi connectivity index (χ3v) is 18.6. The van der Waals surface area contributed by atoms with Crippen molar-refractivity contribution in [2.75, 3.05) is 26.4 Å². The van der Waals surface area contributed by atoms with Crippen LogP contribution in [0.4, 0.5) is 0 Å². The standard InChI is InChI=1S/C81H150NO8P/c1-3-5-7-9-11-13-15-17-19-21-23-25-27-29-31-33-35-37-38-39-40-42-44-46-48-50-52-54-56-58-60-62-64-66-68-70-72-74-81(84)90-79(78-89-91(85,86)88-76-75-82)77-87-80(83)73-71-69-67-65-63-61-59-57-55-53-51-49-47-45-43-41-36-34-32-30-28-26-24-22-20-18-16-14-12-10-8-6-4-2/h5,7,11,13,16-19,22-25,79H,3-4,6,8-10,12,14-15,20-21,26-78,82H2,1-2H3,(H,85,86)/b7-5-,13-11-,18-16-,19-17-,24-22-,25-23-. The van der Waals surface area contributed by atoms with Gasteiger partial charge in [-0.05, 0) is 83.5 Å². The lowest BCUT2D eigenvalue weighted by Crippen LogP contribution is -2.29. The predicted octanol–water partition coefficient (Wildman–Crippen LogP) is 26.3. The highest BCUT2D eigenvalue weighted by Crippen LogP contribution is 2.43. The van der Waals surface area contributed by atoms with Crippen molar-refractivity contribution in [1.82, 2.24) is 0 Å². The molecule has 91 heavy (non-hydrogen) atoms. The van der Waals surface area contributed by atoms with E-state index >= 15 is 0 Å². The number of phosphoric ester groups is 1. The number of rotatable bonds is 75. The highest BCUT2D eigenvalue weighted by molar-refractivity contribution is 7.47. The van der Waals surface area contributed by atoms with Gasteiger partial charge in [-0.3, -0.25) is 18.6 Å². The molecule has 0 amide bonds. The summed E-state index contributed by atoms with van der Waals surface area (Å²) in [6.07, 6.45) is 102. The van der Waals surface area contributed by atoms with Crippen molar-refractivity contribution < 1.29 is 37.6 Å². The summed E-state index contributed by atoms with van der Waals surface area (Å²) in [5, 5.41) is 0. The maximum absolute atomic E-state index is 12.8. The van der Waals surface area contributed by atoms with Gasteiger partial charge in [0.25, 0.3) is 0 Å². The molecule has 2 unspecified atom stereocenters. The van der Waals surface area contributed by atoms with Gasteiger partial charge < -0.3 is 20.1 Å². The third kappa shape index (κ3) is 76.4. The maximum atomic E-state index is 12.8. The van der Waals surface area contributed by atoms with Gasteiger partial charge >= 0.3 is 19.8 Å². The zero-order valence-electron chi connectivity index (χ0n) is 60.1. The normalized spacial score (nSPS) is 13.2. The van der Waals surface area contributed by atoms with E-state index in [1.807, 2.05) is 0 Å². The summed E-state index contributed by atoms with van der Waals surface area (Å²) >= 11 is 0. The van der Waals surface area contributed by atoms with E-state index in [0.717, 1.165) is 64.2 Å². The zero-order valence-corrected chi connectivity index (χ0v) is 61.0. The van der Waals surface area contributed by atoms with Gasteiger partial charge in [-0.15, -0.1) is 0 Å². The molecule has 0 saturated heterocycles. The number of phosphoric acid groups is 1. The average molecular weight is 1300 g/mol. The molecule has 2 atom stereocenters. The Morgan fingerprint density at radius 2 is 0.604 bits per heavy atom. The Morgan fingerprint density at radius 1 is 0.341 bits per heavy atom. The van der Waals surface area contributed by atoms with Crippen LogP contribution in [0, 0.1) is 0 Å². The van der Waals surface area contributed by atoms with Crippen LogP contribution in [0.5, 0.6) is 0 Å². The van der Waals surface area contributed by atoms with Crippen LogP contribution in [0.3, 0.4) is 0 Å². The van der Waals surface area contributed by atoms with Crippen molar-refractivity contribution in [2.24, 2.45) is 5.73 Å². The largest absolute Gasteiger partial charge is 0.472 e. The molecule has 0 bridgehead atoms. The van der Waals surface area contributed by atoms with Gasteiger partial charge in [0.15, 0.2) is 6.10 Å². The first kappa shape index (κ1) is 88.5. The molecule has 3 N–H and O–H groups in total. The monoisotopic (exact) mass is 1300 g/mol. The molecule has 0 heterocycles. The van der Waals surface area contributed by atoms with Crippen LogP contribution in [0.25, 0.3) is 0 Å². The van der Waals surface area contributed by atoms with Gasteiger partial charge in [0.2, 0.25) is 0 Å². The molecule has 0 aromatic rings. The van der Waals surface area contributed by atoms with Gasteiger partial charge in [-0.1, -0.05) is 376 Å². The molecular formula is C81H150NO8P. The molecule has 0 fully saturated rings. The number of esters is 2. The minimum Gasteiger partial charge on any atom is -0.462 e. The van der Waals surface area contributed by atoms with E-state index in [-0.39, 0.29) is 38.6 Å². The zero-order chi connectivity index (χ0) is 65.8. The average Bonchev–Trinajstić information content (AvgIpc) is 3.74. The topological polar surface area (TPSA) is 134 Å². The molecule has 0 aromatic heterocycles. The molecule has 0 radical (unpaired) electrons. The molecule has 10 heteroatoms. The number of hydrogen-bond acceptors (Lipinski definition) is 8. The molecule has 0 aliphatic carbocycles. The van der Waals surface area contributed by atoms with Gasteiger partial charge in [0.1, 0.15) is 6.61 Å². The van der Waals surface area contributed by atoms with Crippen LogP contribution in [-0.2, 0) is 32.7 Å². The van der Waals surface area contributed by atoms with E-state index < -0.39 is 26.5 Å². The number of ether oxygens (including phenoxy) is 2. The van der Waals surface area contributed by atoms with E-state index in [9.17, 15) is 19.0 Å². The number of hydrogen-bond donors (Lipinski definition) is 2. The number of allylic oxidation sites excluding steroid dienone is 12. The van der Waals surface area contributed by atoms with E-state index in [0.29, 0.717) is 6.42 Å². The van der Waals surface area contributed by atoms with Crippen molar-refractivity contribution in [1.29, 1.82) is 0 Å². The first-order chi connectivity index (χ1) is 44.8. The highest BCUT2D eigenvalue weighted by Gasteiger charge is 2.26. The van der Waals surface area contributed by atoms with Gasteiger partial charge in [0.05, 0.1) is 13.2 Å². The molecule has 0 aliphatic rings. The molecule has 0 spiro atoms. The van der Waals surface area contributed by atoms with Crippen LogP contribution in [-0.4, -0.2) is 49.3 Å². The summed E-state index contributed by atoms with van der Waals surface area (Å²) in [5.41, 5.74) is 5.42. The maximum Gasteiger partial charge on any atom is 0.472 e. The molecule has 0 aromatic carbocycles. The number of carbonyl (C=O) groups excluding carboxylic acids is 2. The Hall–Kier alpha value is -2.55. The SMILES string of the molecule is CC/C=C\C/C=C\C/C=C\C/C=C\CCCCCCCCCCCCCCCCCCCCCCCCCCC(=O)OC(COC(=O)CCCCCCCCCCCCCCCCCCCCCCC/C=C\C/C=C\CCCCCCC)COP(=O)(O)OCCN. The lowest BCUT2D eigenvalue weighted by Gasteiger charge is -2.19. The Morgan fingerprint density at radius 3 is 0.901 bits per heavy atom. The molecule has 0 aliphatic heterocycles. The van der Waals surface area contributed by atoms with Crippen molar-refractivity contribution in [3.05, 3.63) is 72.9 Å². The quantitative estimate of drug-likeness (QED) is 0.0264. The van der Waals surface area contributed by atoms with E-state index in [2.05, 4.69) is 86.8 Å². The summed E-state index contributed by atoms with van der Waals surface area (Å²) in [7, 11) is -4.40. The van der Waals surface area contributed by atoms with Crippen LogP contribution in [0.15, 0.2) is 72.9 Å². The van der Waals surface area contributed by atoms with Crippen molar-refractivity contribution >= 4 is 19.8 Å². The Labute approximate surface area is 564 Å². The van der Waals surface area contributed by atoms with Crippen LogP contribution in [0.2, 0.25) is 0 Å². The molecule has 0 saturated carbocycles. The van der Waals surface area contributed by atoms with Gasteiger partial charge in [0, 0.05) is 19.4 Å². The molecule has 532 valence electrons. The third-order valence-electron chi connectivity index (χ3n) is 17.6. The Bertz CT molecular complexity index is 1720. The smallest absolute Gasteiger partial charge is 0.462 e. The lowest BCUT2D eigenvalue weighted by atomic mass is 10.0. The molecule has 0 rings (SSSR count). The van der Waals surface area contributed by atoms with Crippen LogP contribution >= 0.6 is 7.82 Å². The Kier molecular flexibility index (Phi) is 74.3. The van der Waals surface area contributed by atoms with Crippen molar-refractivity contribution in [2.45, 2.75) is 405 Å². The van der Waals surface area contributed by atoms with E-state index in [4.69, 9.17) is 24.3 Å². The fourth-order valence-corrected chi connectivity index (χ4v) is 12.5. The minimum absolute atomic E-state index is 0.0550. The summed E-state index contributed by atoms with van der Waals surface area (Å²) in [4.78, 5) is 35.5. The highest BCUT2D eigenvalue weighted by atomic mass is 31.2. The first-order valence-electron chi connectivity index (χ1n) is 39.4. The lowest BCUT2D eigenvalue weighted by molar-refractivity contribution is -0.161. The second-order valence-electron chi connectivity index (χ2n) is 26.6. The number of carbonyl (C=O) groups is 2. The van der Waals surface area contributed by atoms with E-state index in [1.54, 1.807) is 0 Å². The number of unbranched alkanes of at least 4 members (excludes halogenated alkanes) is 50. The van der Waals surface area contributed by atoms with Gasteiger partial charge in [-0.25, -0.2) is 4.57 Å². The van der Waals surface area contributed by atoms with Crippen LogP contribution in [0.1, 0.15) is 399 Å². The predicted molar refractivity (Wildman–Crippen MR) is 395 cm³/mol. The minimum atomic E-state index is -4.40. The summed E-state index contributed by atoms with van der Waals surface area (Å²) in [6, 6.07) is 0. The molecule has 9 nitrogen and oxygen atoms in total.